The Bertz CT molecular complexity index is 709. The van der Waals surface area contributed by atoms with Crippen molar-refractivity contribution in [1.82, 2.24) is 25.7 Å². The average molecular weight is 431 g/mol. The fraction of sp³-hybridized carbons (Fsp3) is 0.438. The second-order valence-electron chi connectivity index (χ2n) is 5.89. The van der Waals surface area contributed by atoms with E-state index in [9.17, 15) is 4.79 Å². The maximum Gasteiger partial charge on any atom is 0.251 e. The minimum Gasteiger partial charge on any atom is -0.341 e. The third kappa shape index (κ3) is 4.78. The highest BCUT2D eigenvalue weighted by Crippen LogP contribution is 2.20. The maximum atomic E-state index is 12.3. The van der Waals surface area contributed by atoms with E-state index in [1.54, 1.807) is 12.1 Å². The van der Waals surface area contributed by atoms with Crippen molar-refractivity contribution >= 4 is 34.2 Å². The van der Waals surface area contributed by atoms with Crippen LogP contribution in [0.15, 0.2) is 33.3 Å². The van der Waals surface area contributed by atoms with Crippen LogP contribution >= 0.6 is 28.3 Å². The predicted octanol–water partition coefficient (Wildman–Crippen LogP) is 2.32. The van der Waals surface area contributed by atoms with E-state index >= 15 is 0 Å². The average Bonchev–Trinajstić information content (AvgIpc) is 3.05. The van der Waals surface area contributed by atoms with Crippen LogP contribution in [0.4, 0.5) is 0 Å². The Morgan fingerprint density at radius 3 is 2.84 bits per heavy atom. The third-order valence-corrected chi connectivity index (χ3v) is 4.62. The molecule has 2 aromatic rings. The highest BCUT2D eigenvalue weighted by atomic mass is 79.9. The second kappa shape index (κ2) is 8.75. The van der Waals surface area contributed by atoms with Crippen LogP contribution in [0.3, 0.4) is 0 Å². The van der Waals surface area contributed by atoms with E-state index in [0.717, 1.165) is 24.1 Å². The first kappa shape index (κ1) is 19.8. The number of hydrogen-bond acceptors (Lipinski definition) is 6. The minimum absolute atomic E-state index is 0. The van der Waals surface area contributed by atoms with E-state index in [4.69, 9.17) is 4.52 Å². The summed E-state index contributed by atoms with van der Waals surface area (Å²) in [4.78, 5) is 18.9. The zero-order valence-corrected chi connectivity index (χ0v) is 16.4. The van der Waals surface area contributed by atoms with Gasteiger partial charge in [-0.15, -0.1) is 12.4 Å². The summed E-state index contributed by atoms with van der Waals surface area (Å²) in [6.45, 7) is 4.51. The van der Waals surface area contributed by atoms with Crippen molar-refractivity contribution < 1.29 is 9.32 Å². The highest BCUT2D eigenvalue weighted by Gasteiger charge is 2.26. The van der Waals surface area contributed by atoms with E-state index in [0.29, 0.717) is 17.3 Å². The van der Waals surface area contributed by atoms with Crippen molar-refractivity contribution in [2.24, 2.45) is 0 Å². The number of piperazine rings is 1. The molecule has 0 spiro atoms. The standard InChI is InChI=1S/C16H20BrN5O2.ClH/c1-10(19-15(23)11-3-5-12(17)6-4-11)16-20-14(21-24-16)13-9-18-7-8-22(13)2;/h3-6,10,13,18H,7-9H2,1-2H3,(H,19,23);1H. The Hall–Kier alpha value is -1.48. The molecule has 3 rings (SSSR count). The van der Waals surface area contributed by atoms with Crippen LogP contribution in [-0.2, 0) is 0 Å². The number of rotatable bonds is 4. The molecule has 2 unspecified atom stereocenters. The zero-order valence-electron chi connectivity index (χ0n) is 14.0. The normalized spacial score (nSPS) is 19.1. The second-order valence-corrected chi connectivity index (χ2v) is 6.81. The van der Waals surface area contributed by atoms with Gasteiger partial charge in [0.1, 0.15) is 6.04 Å². The molecule has 1 aromatic carbocycles. The zero-order chi connectivity index (χ0) is 17.1. The van der Waals surface area contributed by atoms with Gasteiger partial charge in [-0.25, -0.2) is 0 Å². The molecule has 1 aliphatic rings. The first-order chi connectivity index (χ1) is 11.5. The fourth-order valence-electron chi connectivity index (χ4n) is 2.60. The van der Waals surface area contributed by atoms with Crippen molar-refractivity contribution in [3.63, 3.8) is 0 Å². The maximum absolute atomic E-state index is 12.3. The van der Waals surface area contributed by atoms with Crippen LogP contribution in [0.2, 0.25) is 0 Å². The molecule has 1 aromatic heterocycles. The van der Waals surface area contributed by atoms with Gasteiger partial charge in [-0.3, -0.25) is 9.69 Å². The van der Waals surface area contributed by atoms with E-state index in [1.807, 2.05) is 26.1 Å². The summed E-state index contributed by atoms with van der Waals surface area (Å²) >= 11 is 3.35. The molecule has 1 fully saturated rings. The number of amides is 1. The number of carbonyl (C=O) groups excluding carboxylic acids is 1. The lowest BCUT2D eigenvalue weighted by atomic mass is 10.2. The molecule has 1 saturated heterocycles. The Kier molecular flexibility index (Phi) is 6.95. The van der Waals surface area contributed by atoms with E-state index in [1.165, 1.54) is 0 Å². The molecule has 0 radical (unpaired) electrons. The summed E-state index contributed by atoms with van der Waals surface area (Å²) in [6.07, 6.45) is 0. The minimum atomic E-state index is -0.357. The number of nitrogens with zero attached hydrogens (tertiary/aromatic N) is 3. The van der Waals surface area contributed by atoms with Gasteiger partial charge in [-0.2, -0.15) is 4.98 Å². The molecular formula is C16H21BrClN5O2. The molecule has 2 atom stereocenters. The first-order valence-corrected chi connectivity index (χ1v) is 8.65. The molecule has 2 N–H and O–H groups in total. The van der Waals surface area contributed by atoms with E-state index < -0.39 is 0 Å². The fourth-order valence-corrected chi connectivity index (χ4v) is 2.86. The Balaban J connectivity index is 0.00000225. The molecule has 0 saturated carbocycles. The van der Waals surface area contributed by atoms with Gasteiger partial charge < -0.3 is 15.2 Å². The van der Waals surface area contributed by atoms with Crippen LogP contribution in [0.5, 0.6) is 0 Å². The number of halogens is 2. The van der Waals surface area contributed by atoms with Crippen molar-refractivity contribution in [3.8, 4) is 0 Å². The molecule has 25 heavy (non-hydrogen) atoms. The Morgan fingerprint density at radius 2 is 2.16 bits per heavy atom. The van der Waals surface area contributed by atoms with Gasteiger partial charge in [-0.1, -0.05) is 21.1 Å². The van der Waals surface area contributed by atoms with E-state index in [2.05, 4.69) is 41.6 Å². The monoisotopic (exact) mass is 429 g/mol. The Morgan fingerprint density at radius 1 is 1.44 bits per heavy atom. The van der Waals surface area contributed by atoms with Gasteiger partial charge in [0, 0.05) is 29.7 Å². The molecule has 136 valence electrons. The van der Waals surface area contributed by atoms with Gasteiger partial charge in [0.2, 0.25) is 5.89 Å². The van der Waals surface area contributed by atoms with Crippen LogP contribution in [0.25, 0.3) is 0 Å². The summed E-state index contributed by atoms with van der Waals surface area (Å²) < 4.78 is 6.28. The topological polar surface area (TPSA) is 83.3 Å². The number of likely N-dealkylation sites (N-methyl/N-ethyl adjacent to an activating group) is 1. The molecule has 1 amide bonds. The van der Waals surface area contributed by atoms with Gasteiger partial charge in [0.25, 0.3) is 5.91 Å². The summed E-state index contributed by atoms with van der Waals surface area (Å²) in [5.74, 6) is 0.880. The molecule has 9 heteroatoms. The largest absolute Gasteiger partial charge is 0.341 e. The summed E-state index contributed by atoms with van der Waals surface area (Å²) in [7, 11) is 2.04. The lowest BCUT2D eigenvalue weighted by Crippen LogP contribution is -2.44. The molecule has 2 heterocycles. The van der Waals surface area contributed by atoms with Crippen LogP contribution in [-0.4, -0.2) is 47.6 Å². The molecular weight excluding hydrogens is 410 g/mol. The van der Waals surface area contributed by atoms with E-state index in [-0.39, 0.29) is 30.4 Å². The highest BCUT2D eigenvalue weighted by molar-refractivity contribution is 9.10. The number of hydrogen-bond donors (Lipinski definition) is 2. The van der Waals surface area contributed by atoms with Crippen molar-refractivity contribution in [1.29, 1.82) is 0 Å². The van der Waals surface area contributed by atoms with Crippen molar-refractivity contribution in [2.75, 3.05) is 26.7 Å². The third-order valence-electron chi connectivity index (χ3n) is 4.09. The van der Waals surface area contributed by atoms with Gasteiger partial charge in [0.05, 0.1) is 6.04 Å². The van der Waals surface area contributed by atoms with Gasteiger partial charge in [0.15, 0.2) is 5.82 Å². The molecule has 0 bridgehead atoms. The summed E-state index contributed by atoms with van der Waals surface area (Å²) in [6, 6.07) is 6.91. The van der Waals surface area contributed by atoms with Crippen LogP contribution < -0.4 is 10.6 Å². The lowest BCUT2D eigenvalue weighted by Gasteiger charge is -2.30. The molecule has 0 aliphatic carbocycles. The van der Waals surface area contributed by atoms with Crippen molar-refractivity contribution in [3.05, 3.63) is 46.0 Å². The lowest BCUT2D eigenvalue weighted by molar-refractivity contribution is 0.0932. The Labute approximate surface area is 161 Å². The van der Waals surface area contributed by atoms with Gasteiger partial charge >= 0.3 is 0 Å². The number of aromatic nitrogens is 2. The van der Waals surface area contributed by atoms with Crippen LogP contribution in [0.1, 0.15) is 41.1 Å². The van der Waals surface area contributed by atoms with Crippen molar-refractivity contribution in [2.45, 2.75) is 19.0 Å². The van der Waals surface area contributed by atoms with Gasteiger partial charge in [-0.05, 0) is 38.2 Å². The number of carbonyl (C=O) groups is 1. The molecule has 7 nitrogen and oxygen atoms in total. The number of benzene rings is 1. The predicted molar refractivity (Wildman–Crippen MR) is 99.8 cm³/mol. The van der Waals surface area contributed by atoms with Crippen LogP contribution in [0, 0.1) is 0 Å². The summed E-state index contributed by atoms with van der Waals surface area (Å²) in [5, 5.41) is 10.3. The molecule has 1 aliphatic heterocycles. The first-order valence-electron chi connectivity index (χ1n) is 7.85. The quantitative estimate of drug-likeness (QED) is 0.774. The number of nitrogens with one attached hydrogen (secondary N) is 2. The SMILES string of the molecule is CC(NC(=O)c1ccc(Br)cc1)c1nc(C2CNCCN2C)no1.Cl. The smallest absolute Gasteiger partial charge is 0.251 e. The summed E-state index contributed by atoms with van der Waals surface area (Å²) in [5.41, 5.74) is 0.584.